The van der Waals surface area contributed by atoms with E-state index < -0.39 is 10.8 Å². The molecule has 1 unspecified atom stereocenters. The lowest BCUT2D eigenvalue weighted by Crippen LogP contribution is -1.97. The van der Waals surface area contributed by atoms with E-state index in [1.54, 1.807) is 12.1 Å². The van der Waals surface area contributed by atoms with Crippen LogP contribution in [0.3, 0.4) is 0 Å². The van der Waals surface area contributed by atoms with Crippen molar-refractivity contribution in [2.45, 2.75) is 10.6 Å². The Balaban J connectivity index is 2.19. The largest absolute Gasteiger partial charge is 0.399 e. The number of nitrogen functional groups attached to an aromatic ring is 1. The van der Waals surface area contributed by atoms with Gasteiger partial charge in [-0.2, -0.15) is 0 Å². The zero-order chi connectivity index (χ0) is 12.3. The van der Waals surface area contributed by atoms with Gasteiger partial charge < -0.3 is 5.73 Å². The van der Waals surface area contributed by atoms with Crippen molar-refractivity contribution >= 4 is 28.1 Å². The minimum absolute atomic E-state index is 0.406. The number of rotatable bonds is 3. The number of hydrogen-bond acceptors (Lipinski definition) is 2. The minimum atomic E-state index is -1.08. The average Bonchev–Trinajstić information content (AvgIpc) is 2.34. The molecule has 0 aliphatic carbocycles. The molecule has 0 aliphatic rings. The molecule has 0 radical (unpaired) electrons. The Morgan fingerprint density at radius 1 is 1.12 bits per heavy atom. The van der Waals surface area contributed by atoms with E-state index in [9.17, 15) is 4.21 Å². The Morgan fingerprint density at radius 3 is 2.47 bits per heavy atom. The molecule has 88 valence electrons. The van der Waals surface area contributed by atoms with E-state index in [1.165, 1.54) is 0 Å². The summed E-state index contributed by atoms with van der Waals surface area (Å²) in [4.78, 5) is 0.806. The van der Waals surface area contributed by atoms with Gasteiger partial charge in [-0.3, -0.25) is 4.21 Å². The summed E-state index contributed by atoms with van der Waals surface area (Å²) in [6, 6.07) is 14.6. The zero-order valence-electron chi connectivity index (χ0n) is 9.10. The van der Waals surface area contributed by atoms with Crippen molar-refractivity contribution in [3.63, 3.8) is 0 Å². The Labute approximate surface area is 108 Å². The third-order valence-corrected chi connectivity index (χ3v) is 4.09. The summed E-state index contributed by atoms with van der Waals surface area (Å²) in [6.07, 6.45) is 0. The van der Waals surface area contributed by atoms with Crippen molar-refractivity contribution in [2.24, 2.45) is 0 Å². The normalized spacial score (nSPS) is 12.3. The monoisotopic (exact) mass is 265 g/mol. The standard InChI is InChI=1S/C13H12ClNOS/c14-13-8-11(15)7-6-10(13)9-17(16)12-4-2-1-3-5-12/h1-8H,9,15H2. The van der Waals surface area contributed by atoms with Gasteiger partial charge in [-0.05, 0) is 29.8 Å². The Bertz CT molecular complexity index is 542. The second-order valence-corrected chi connectivity index (χ2v) is 5.51. The highest BCUT2D eigenvalue weighted by Crippen LogP contribution is 2.22. The molecule has 0 bridgehead atoms. The van der Waals surface area contributed by atoms with Crippen molar-refractivity contribution in [1.29, 1.82) is 0 Å². The molecular formula is C13H12ClNOS. The Hall–Kier alpha value is -1.32. The van der Waals surface area contributed by atoms with E-state index in [2.05, 4.69) is 0 Å². The molecule has 0 saturated heterocycles. The number of nitrogens with two attached hydrogens (primary N) is 1. The molecule has 0 saturated carbocycles. The van der Waals surface area contributed by atoms with E-state index in [4.69, 9.17) is 17.3 Å². The van der Waals surface area contributed by atoms with Crippen molar-refractivity contribution in [3.05, 3.63) is 59.1 Å². The van der Waals surface area contributed by atoms with E-state index >= 15 is 0 Å². The third kappa shape index (κ3) is 3.08. The fraction of sp³-hybridized carbons (Fsp3) is 0.0769. The molecule has 2 nitrogen and oxygen atoms in total. The number of benzene rings is 2. The molecule has 0 aromatic heterocycles. The first-order valence-corrected chi connectivity index (χ1v) is 6.84. The molecule has 2 aromatic carbocycles. The topological polar surface area (TPSA) is 43.1 Å². The summed E-state index contributed by atoms with van der Waals surface area (Å²) in [6.45, 7) is 0. The summed E-state index contributed by atoms with van der Waals surface area (Å²) in [5.74, 6) is 0.406. The van der Waals surface area contributed by atoms with Crippen LogP contribution in [0, 0.1) is 0 Å². The van der Waals surface area contributed by atoms with E-state index in [0.717, 1.165) is 10.5 Å². The van der Waals surface area contributed by atoms with E-state index in [1.807, 2.05) is 36.4 Å². The highest BCUT2D eigenvalue weighted by atomic mass is 35.5. The van der Waals surface area contributed by atoms with E-state index in [0.29, 0.717) is 16.5 Å². The molecule has 1 atom stereocenters. The molecule has 2 N–H and O–H groups in total. The second kappa shape index (κ2) is 5.34. The van der Waals surface area contributed by atoms with E-state index in [-0.39, 0.29) is 0 Å². The van der Waals surface area contributed by atoms with Crippen LogP contribution >= 0.6 is 11.6 Å². The molecule has 0 amide bonds. The summed E-state index contributed by atoms with van der Waals surface area (Å²) < 4.78 is 12.1. The van der Waals surface area contributed by atoms with Crippen molar-refractivity contribution in [2.75, 3.05) is 5.73 Å². The molecule has 0 aliphatic heterocycles. The summed E-state index contributed by atoms with van der Waals surface area (Å²) >= 11 is 6.05. The fourth-order valence-electron chi connectivity index (χ4n) is 1.48. The average molecular weight is 266 g/mol. The first kappa shape index (κ1) is 12.1. The Kier molecular flexibility index (Phi) is 3.82. The first-order chi connectivity index (χ1) is 8.16. The maximum absolute atomic E-state index is 12.1. The van der Waals surface area contributed by atoms with Crippen molar-refractivity contribution < 1.29 is 4.21 Å². The summed E-state index contributed by atoms with van der Waals surface area (Å²) in [5.41, 5.74) is 7.07. The van der Waals surface area contributed by atoms with Crippen LogP contribution in [-0.2, 0) is 16.6 Å². The highest BCUT2D eigenvalue weighted by molar-refractivity contribution is 7.84. The maximum Gasteiger partial charge on any atom is 0.0574 e. The van der Waals surface area contributed by atoms with Crippen LogP contribution in [0.15, 0.2) is 53.4 Å². The Morgan fingerprint density at radius 2 is 1.82 bits per heavy atom. The lowest BCUT2D eigenvalue weighted by molar-refractivity contribution is 0.682. The smallest absolute Gasteiger partial charge is 0.0574 e. The zero-order valence-corrected chi connectivity index (χ0v) is 10.7. The summed E-state index contributed by atoms with van der Waals surface area (Å²) in [7, 11) is -1.08. The lowest BCUT2D eigenvalue weighted by atomic mass is 10.2. The predicted octanol–water partition coefficient (Wildman–Crippen LogP) is 3.23. The van der Waals surface area contributed by atoms with Gasteiger partial charge in [-0.15, -0.1) is 0 Å². The van der Waals surface area contributed by atoms with Gasteiger partial charge in [-0.1, -0.05) is 35.9 Å². The van der Waals surface area contributed by atoms with Crippen LogP contribution in [-0.4, -0.2) is 4.21 Å². The van der Waals surface area contributed by atoms with Gasteiger partial charge in [0.25, 0.3) is 0 Å². The molecule has 4 heteroatoms. The van der Waals surface area contributed by atoms with Gasteiger partial charge in [0.15, 0.2) is 0 Å². The first-order valence-electron chi connectivity index (χ1n) is 5.14. The van der Waals surface area contributed by atoms with Crippen LogP contribution < -0.4 is 5.73 Å². The van der Waals surface area contributed by atoms with Gasteiger partial charge in [-0.25, -0.2) is 0 Å². The maximum atomic E-state index is 12.1. The second-order valence-electron chi connectivity index (χ2n) is 3.65. The molecule has 0 fully saturated rings. The summed E-state index contributed by atoms with van der Waals surface area (Å²) in [5, 5.41) is 0.564. The molecular weight excluding hydrogens is 254 g/mol. The lowest BCUT2D eigenvalue weighted by Gasteiger charge is -2.05. The molecule has 0 spiro atoms. The van der Waals surface area contributed by atoms with Crippen LogP contribution in [0.1, 0.15) is 5.56 Å². The highest BCUT2D eigenvalue weighted by Gasteiger charge is 2.07. The number of hydrogen-bond donors (Lipinski definition) is 1. The molecule has 2 aromatic rings. The molecule has 17 heavy (non-hydrogen) atoms. The van der Waals surface area contributed by atoms with Gasteiger partial charge in [0.05, 0.1) is 16.6 Å². The van der Waals surface area contributed by atoms with Gasteiger partial charge in [0, 0.05) is 15.6 Å². The molecule has 0 heterocycles. The van der Waals surface area contributed by atoms with Gasteiger partial charge >= 0.3 is 0 Å². The van der Waals surface area contributed by atoms with Crippen molar-refractivity contribution in [1.82, 2.24) is 0 Å². The molecule has 2 rings (SSSR count). The number of anilines is 1. The van der Waals surface area contributed by atoms with Crippen LogP contribution in [0.4, 0.5) is 5.69 Å². The minimum Gasteiger partial charge on any atom is -0.399 e. The predicted molar refractivity (Wildman–Crippen MR) is 72.4 cm³/mol. The van der Waals surface area contributed by atoms with Gasteiger partial charge in [0.2, 0.25) is 0 Å². The van der Waals surface area contributed by atoms with Crippen LogP contribution in [0.25, 0.3) is 0 Å². The number of halogens is 1. The van der Waals surface area contributed by atoms with Crippen LogP contribution in [0.5, 0.6) is 0 Å². The quantitative estimate of drug-likeness (QED) is 0.866. The van der Waals surface area contributed by atoms with Crippen molar-refractivity contribution in [3.8, 4) is 0 Å². The van der Waals surface area contributed by atoms with Crippen LogP contribution in [0.2, 0.25) is 5.02 Å². The SMILES string of the molecule is Nc1ccc(CS(=O)c2ccccc2)c(Cl)c1. The van der Waals surface area contributed by atoms with Gasteiger partial charge in [0.1, 0.15) is 0 Å². The fourth-order valence-corrected chi connectivity index (χ4v) is 2.97. The third-order valence-electron chi connectivity index (χ3n) is 2.37.